The lowest BCUT2D eigenvalue weighted by Gasteiger charge is -2.12. The number of anilines is 1. The lowest BCUT2D eigenvalue weighted by atomic mass is 10.1. The zero-order chi connectivity index (χ0) is 15.5. The Bertz CT molecular complexity index is 622. The van der Waals surface area contributed by atoms with Gasteiger partial charge >= 0.3 is 0 Å². The molecule has 0 aliphatic carbocycles. The summed E-state index contributed by atoms with van der Waals surface area (Å²) in [6.07, 6.45) is 3.23. The van der Waals surface area contributed by atoms with Crippen LogP contribution in [0.1, 0.15) is 31.2 Å². The average molecular weight is 312 g/mol. The van der Waals surface area contributed by atoms with E-state index in [-0.39, 0.29) is 16.9 Å². The number of sulfonamides is 1. The highest BCUT2D eigenvalue weighted by Gasteiger charge is 2.18. The average Bonchev–Trinajstić information content (AvgIpc) is 2.90. The fraction of sp³-hybridized carbons (Fsp3) is 0.500. The molecule has 1 fully saturated rings. The molecule has 1 amide bonds. The fourth-order valence-electron chi connectivity index (χ4n) is 2.43. The molecule has 0 saturated carbocycles. The lowest BCUT2D eigenvalue weighted by Crippen LogP contribution is -2.18. The Hall–Kier alpha value is -1.44. The lowest BCUT2D eigenvalue weighted by molar-refractivity contribution is -0.116. The molecule has 1 aliphatic rings. The molecule has 7 heteroatoms. The molecule has 1 saturated heterocycles. The molecule has 1 unspecified atom stereocenters. The second kappa shape index (κ2) is 6.55. The zero-order valence-electron chi connectivity index (χ0n) is 12.0. The van der Waals surface area contributed by atoms with Crippen LogP contribution in [0.25, 0.3) is 0 Å². The van der Waals surface area contributed by atoms with Gasteiger partial charge in [0.15, 0.2) is 0 Å². The van der Waals surface area contributed by atoms with Crippen molar-refractivity contribution in [3.8, 4) is 0 Å². The van der Waals surface area contributed by atoms with Crippen LogP contribution in [0, 0.1) is 6.92 Å². The van der Waals surface area contributed by atoms with Crippen LogP contribution in [0.2, 0.25) is 0 Å². The third-order valence-corrected chi connectivity index (χ3v) is 4.64. The first kappa shape index (κ1) is 15.9. The maximum absolute atomic E-state index is 11.9. The van der Waals surface area contributed by atoms with Crippen LogP contribution in [0.3, 0.4) is 0 Å². The minimum atomic E-state index is -3.79. The van der Waals surface area contributed by atoms with Crippen molar-refractivity contribution in [3.05, 3.63) is 23.8 Å². The van der Waals surface area contributed by atoms with E-state index in [0.29, 0.717) is 24.1 Å². The molecule has 3 N–H and O–H groups in total. The molecule has 1 heterocycles. The van der Waals surface area contributed by atoms with Crippen LogP contribution in [0.15, 0.2) is 23.1 Å². The molecule has 0 spiro atoms. The Morgan fingerprint density at radius 1 is 1.48 bits per heavy atom. The summed E-state index contributed by atoms with van der Waals surface area (Å²) in [6.45, 7) is 2.39. The number of primary sulfonamides is 1. The molecule has 1 aliphatic heterocycles. The van der Waals surface area contributed by atoms with Crippen molar-refractivity contribution in [3.63, 3.8) is 0 Å². The van der Waals surface area contributed by atoms with Crippen molar-refractivity contribution in [2.75, 3.05) is 11.9 Å². The van der Waals surface area contributed by atoms with E-state index in [2.05, 4.69) is 5.32 Å². The number of rotatable bonds is 5. The van der Waals surface area contributed by atoms with Crippen molar-refractivity contribution in [2.24, 2.45) is 5.14 Å². The van der Waals surface area contributed by atoms with Crippen LogP contribution in [0.4, 0.5) is 5.69 Å². The summed E-state index contributed by atoms with van der Waals surface area (Å²) in [6, 6.07) is 4.64. The molecule has 6 nitrogen and oxygen atoms in total. The van der Waals surface area contributed by atoms with Gasteiger partial charge in [-0.1, -0.05) is 6.07 Å². The molecule has 0 bridgehead atoms. The maximum atomic E-state index is 11.9. The number of amides is 1. The highest BCUT2D eigenvalue weighted by molar-refractivity contribution is 7.89. The van der Waals surface area contributed by atoms with Crippen molar-refractivity contribution >= 4 is 21.6 Å². The van der Waals surface area contributed by atoms with Gasteiger partial charge < -0.3 is 10.1 Å². The van der Waals surface area contributed by atoms with Gasteiger partial charge in [0.05, 0.1) is 11.0 Å². The third kappa shape index (κ3) is 4.26. The smallest absolute Gasteiger partial charge is 0.238 e. The van der Waals surface area contributed by atoms with Crippen LogP contribution in [-0.4, -0.2) is 27.0 Å². The summed E-state index contributed by atoms with van der Waals surface area (Å²) in [5.41, 5.74) is 0.921. The van der Waals surface area contributed by atoms with Gasteiger partial charge in [0.1, 0.15) is 0 Å². The molecule has 21 heavy (non-hydrogen) atoms. The Morgan fingerprint density at radius 2 is 2.24 bits per heavy atom. The van der Waals surface area contributed by atoms with Crippen LogP contribution in [0.5, 0.6) is 0 Å². The van der Waals surface area contributed by atoms with Crippen LogP contribution < -0.4 is 10.5 Å². The highest BCUT2D eigenvalue weighted by Crippen LogP contribution is 2.23. The third-order valence-electron chi connectivity index (χ3n) is 3.58. The molecule has 116 valence electrons. The second-order valence-electron chi connectivity index (χ2n) is 5.20. The Kier molecular flexibility index (Phi) is 4.97. The minimum absolute atomic E-state index is 0.0272. The SMILES string of the molecule is Cc1c(NC(=O)CCC2CCCO2)cccc1S(N)(=O)=O. The highest BCUT2D eigenvalue weighted by atomic mass is 32.2. The Morgan fingerprint density at radius 3 is 2.86 bits per heavy atom. The maximum Gasteiger partial charge on any atom is 0.238 e. The standard InChI is InChI=1S/C14H20N2O4S/c1-10-12(5-2-6-13(10)21(15,18)19)16-14(17)8-7-11-4-3-9-20-11/h2,5-6,11H,3-4,7-9H2,1H3,(H,16,17)(H2,15,18,19). The summed E-state index contributed by atoms with van der Waals surface area (Å²) < 4.78 is 28.3. The molecule has 1 atom stereocenters. The molecular formula is C14H20N2O4S. The number of hydrogen-bond acceptors (Lipinski definition) is 4. The van der Waals surface area contributed by atoms with Crippen LogP contribution in [-0.2, 0) is 19.6 Å². The van der Waals surface area contributed by atoms with Crippen molar-refractivity contribution < 1.29 is 17.9 Å². The Balaban J connectivity index is 2.00. The molecule has 1 aromatic rings. The van der Waals surface area contributed by atoms with E-state index in [9.17, 15) is 13.2 Å². The van der Waals surface area contributed by atoms with Gasteiger partial charge in [-0.2, -0.15) is 0 Å². The quantitative estimate of drug-likeness (QED) is 0.861. The van der Waals surface area contributed by atoms with Gasteiger partial charge in [0.25, 0.3) is 0 Å². The van der Waals surface area contributed by atoms with Gasteiger partial charge in [-0.05, 0) is 43.9 Å². The fourth-order valence-corrected chi connectivity index (χ4v) is 3.24. The van der Waals surface area contributed by atoms with E-state index in [4.69, 9.17) is 9.88 Å². The van der Waals surface area contributed by atoms with Gasteiger partial charge in [-0.3, -0.25) is 4.79 Å². The molecule has 0 radical (unpaired) electrons. The van der Waals surface area contributed by atoms with Gasteiger partial charge in [0.2, 0.25) is 15.9 Å². The number of hydrogen-bond donors (Lipinski definition) is 2. The van der Waals surface area contributed by atoms with Gasteiger partial charge in [-0.15, -0.1) is 0 Å². The van der Waals surface area contributed by atoms with Crippen molar-refractivity contribution in [1.29, 1.82) is 0 Å². The summed E-state index contributed by atoms with van der Waals surface area (Å²) in [5.74, 6) is -0.153. The number of carbonyl (C=O) groups is 1. The first-order valence-electron chi connectivity index (χ1n) is 6.92. The van der Waals surface area contributed by atoms with Crippen molar-refractivity contribution in [2.45, 2.75) is 43.6 Å². The topological polar surface area (TPSA) is 98.5 Å². The minimum Gasteiger partial charge on any atom is -0.378 e. The normalized spacial score (nSPS) is 18.7. The number of ether oxygens (including phenoxy) is 1. The van der Waals surface area contributed by atoms with E-state index in [1.807, 2.05) is 0 Å². The predicted molar refractivity (Wildman–Crippen MR) is 79.4 cm³/mol. The molecule has 0 aromatic heterocycles. The number of benzene rings is 1. The summed E-state index contributed by atoms with van der Waals surface area (Å²) in [4.78, 5) is 12.0. The number of nitrogens with one attached hydrogen (secondary N) is 1. The van der Waals surface area contributed by atoms with Gasteiger partial charge in [0, 0.05) is 18.7 Å². The summed E-state index contributed by atoms with van der Waals surface area (Å²) >= 11 is 0. The predicted octanol–water partition coefficient (Wildman–Crippen LogP) is 1.54. The summed E-state index contributed by atoms with van der Waals surface area (Å²) in [5, 5.41) is 7.87. The first-order valence-corrected chi connectivity index (χ1v) is 8.46. The van der Waals surface area contributed by atoms with E-state index >= 15 is 0 Å². The largest absolute Gasteiger partial charge is 0.378 e. The van der Waals surface area contributed by atoms with Crippen molar-refractivity contribution in [1.82, 2.24) is 0 Å². The van der Waals surface area contributed by atoms with Crippen LogP contribution >= 0.6 is 0 Å². The summed E-state index contributed by atoms with van der Waals surface area (Å²) in [7, 11) is -3.79. The van der Waals surface area contributed by atoms with E-state index in [1.54, 1.807) is 19.1 Å². The molecule has 2 rings (SSSR count). The Labute approximate surface area is 124 Å². The number of nitrogens with two attached hydrogens (primary N) is 1. The monoisotopic (exact) mass is 312 g/mol. The van der Waals surface area contributed by atoms with E-state index < -0.39 is 10.0 Å². The molecule has 1 aromatic carbocycles. The molecular weight excluding hydrogens is 292 g/mol. The zero-order valence-corrected chi connectivity index (χ0v) is 12.8. The number of carbonyl (C=O) groups excluding carboxylic acids is 1. The van der Waals surface area contributed by atoms with E-state index in [0.717, 1.165) is 19.4 Å². The van der Waals surface area contributed by atoms with E-state index in [1.165, 1.54) is 6.07 Å². The first-order chi connectivity index (χ1) is 9.88. The second-order valence-corrected chi connectivity index (χ2v) is 6.73. The van der Waals surface area contributed by atoms with Gasteiger partial charge in [-0.25, -0.2) is 13.6 Å².